The Morgan fingerprint density at radius 2 is 1.74 bits per heavy atom. The van der Waals surface area contributed by atoms with Crippen molar-refractivity contribution in [3.63, 3.8) is 0 Å². The van der Waals surface area contributed by atoms with Gasteiger partial charge in [0, 0.05) is 23.8 Å². The van der Waals surface area contributed by atoms with Crippen LogP contribution < -0.4 is 10.1 Å². The minimum atomic E-state index is 0.195. The summed E-state index contributed by atoms with van der Waals surface area (Å²) in [4.78, 5) is 4.37. The molecule has 2 rings (SSSR count). The monoisotopic (exact) mass is 256 g/mol. The van der Waals surface area contributed by atoms with Crippen molar-refractivity contribution in [3.05, 3.63) is 59.9 Å². The molecule has 0 fully saturated rings. The lowest BCUT2D eigenvalue weighted by Crippen LogP contribution is -2.23. The van der Waals surface area contributed by atoms with Crippen molar-refractivity contribution in [1.29, 1.82) is 0 Å². The third-order valence-electron chi connectivity index (χ3n) is 3.24. The van der Waals surface area contributed by atoms with Crippen molar-refractivity contribution in [2.75, 3.05) is 7.11 Å². The van der Waals surface area contributed by atoms with Gasteiger partial charge in [0.05, 0.1) is 12.8 Å². The van der Waals surface area contributed by atoms with Crippen LogP contribution in [0.2, 0.25) is 0 Å². The molecule has 0 spiro atoms. The molecule has 0 radical (unpaired) electrons. The van der Waals surface area contributed by atoms with Gasteiger partial charge in [-0.25, -0.2) is 0 Å². The lowest BCUT2D eigenvalue weighted by Gasteiger charge is -2.21. The molecule has 0 saturated heterocycles. The van der Waals surface area contributed by atoms with Gasteiger partial charge >= 0.3 is 0 Å². The third kappa shape index (κ3) is 3.32. The van der Waals surface area contributed by atoms with Crippen LogP contribution in [0.1, 0.15) is 37.2 Å². The molecule has 1 aromatic heterocycles. The summed E-state index contributed by atoms with van der Waals surface area (Å²) in [6, 6.07) is 14.5. The van der Waals surface area contributed by atoms with E-state index in [9.17, 15) is 0 Å². The van der Waals surface area contributed by atoms with Gasteiger partial charge in [-0.15, -0.1) is 0 Å². The van der Waals surface area contributed by atoms with Crippen LogP contribution in [0.4, 0.5) is 0 Å². The van der Waals surface area contributed by atoms with Gasteiger partial charge in [-0.1, -0.05) is 24.3 Å². The average Bonchev–Trinajstić information content (AvgIpc) is 2.48. The Labute approximate surface area is 114 Å². The van der Waals surface area contributed by atoms with Crippen molar-refractivity contribution in [1.82, 2.24) is 10.3 Å². The van der Waals surface area contributed by atoms with Gasteiger partial charge in [0.25, 0.3) is 0 Å². The van der Waals surface area contributed by atoms with Crippen molar-refractivity contribution in [2.45, 2.75) is 25.9 Å². The second-order valence-electron chi connectivity index (χ2n) is 4.61. The van der Waals surface area contributed by atoms with Crippen LogP contribution in [0.25, 0.3) is 0 Å². The molecule has 1 N–H and O–H groups in total. The van der Waals surface area contributed by atoms with Gasteiger partial charge in [0.2, 0.25) is 0 Å². The lowest BCUT2D eigenvalue weighted by atomic mass is 10.1. The van der Waals surface area contributed by atoms with Crippen LogP contribution in [-0.2, 0) is 0 Å². The number of hydrogen-bond donors (Lipinski definition) is 1. The van der Waals surface area contributed by atoms with E-state index >= 15 is 0 Å². The Bertz CT molecular complexity index is 513. The summed E-state index contributed by atoms with van der Waals surface area (Å²) in [5.41, 5.74) is 2.21. The number of para-hydroxylation sites is 1. The summed E-state index contributed by atoms with van der Waals surface area (Å²) < 4.78 is 5.40. The van der Waals surface area contributed by atoms with E-state index in [-0.39, 0.29) is 12.1 Å². The Morgan fingerprint density at radius 3 is 2.42 bits per heavy atom. The Morgan fingerprint density at radius 1 is 1.00 bits per heavy atom. The van der Waals surface area contributed by atoms with Gasteiger partial charge in [0.15, 0.2) is 0 Å². The maximum absolute atomic E-state index is 5.40. The number of ether oxygens (including phenoxy) is 1. The number of benzene rings is 1. The number of rotatable bonds is 5. The zero-order chi connectivity index (χ0) is 13.7. The summed E-state index contributed by atoms with van der Waals surface area (Å²) >= 11 is 0. The largest absolute Gasteiger partial charge is 0.496 e. The molecular formula is C16H20N2O. The van der Waals surface area contributed by atoms with E-state index in [1.165, 1.54) is 0 Å². The highest BCUT2D eigenvalue weighted by atomic mass is 16.5. The zero-order valence-electron chi connectivity index (χ0n) is 11.6. The van der Waals surface area contributed by atoms with Crippen LogP contribution in [0.3, 0.4) is 0 Å². The number of nitrogens with zero attached hydrogens (tertiary/aromatic N) is 1. The molecule has 3 heteroatoms. The second-order valence-corrected chi connectivity index (χ2v) is 4.61. The van der Waals surface area contributed by atoms with E-state index in [0.29, 0.717) is 0 Å². The van der Waals surface area contributed by atoms with Gasteiger partial charge in [-0.3, -0.25) is 4.98 Å². The second kappa shape index (κ2) is 6.34. The summed E-state index contributed by atoms with van der Waals surface area (Å²) in [5.74, 6) is 0.913. The molecule has 0 aliphatic rings. The SMILES string of the molecule is COc1ccccc1[C@H](C)NC(C)c1ccccn1. The van der Waals surface area contributed by atoms with Crippen molar-refractivity contribution in [3.8, 4) is 5.75 Å². The van der Waals surface area contributed by atoms with E-state index < -0.39 is 0 Å². The highest BCUT2D eigenvalue weighted by molar-refractivity contribution is 5.35. The molecule has 100 valence electrons. The minimum absolute atomic E-state index is 0.195. The van der Waals surface area contributed by atoms with Gasteiger partial charge < -0.3 is 10.1 Å². The standard InChI is InChI=1S/C16H20N2O/c1-12(14-8-4-5-10-16(14)19-3)18-13(2)15-9-6-7-11-17-15/h4-13,18H,1-3H3/t12-,13?/m0/s1. The van der Waals surface area contributed by atoms with Crippen molar-refractivity contribution >= 4 is 0 Å². The summed E-state index contributed by atoms with van der Waals surface area (Å²) in [6.45, 7) is 4.26. The zero-order valence-corrected chi connectivity index (χ0v) is 11.6. The molecule has 2 atom stereocenters. The number of aromatic nitrogens is 1. The Balaban J connectivity index is 2.11. The number of methoxy groups -OCH3 is 1. The van der Waals surface area contributed by atoms with Crippen LogP contribution >= 0.6 is 0 Å². The number of pyridine rings is 1. The van der Waals surface area contributed by atoms with Gasteiger partial charge in [-0.05, 0) is 32.0 Å². The van der Waals surface area contributed by atoms with Crippen molar-refractivity contribution in [2.24, 2.45) is 0 Å². The highest BCUT2D eigenvalue weighted by Gasteiger charge is 2.14. The minimum Gasteiger partial charge on any atom is -0.496 e. The fourth-order valence-corrected chi connectivity index (χ4v) is 2.21. The first-order valence-electron chi connectivity index (χ1n) is 6.52. The fraction of sp³-hybridized carbons (Fsp3) is 0.312. The summed E-state index contributed by atoms with van der Waals surface area (Å²) in [7, 11) is 1.70. The topological polar surface area (TPSA) is 34.1 Å². The molecule has 0 bridgehead atoms. The molecule has 0 amide bonds. The molecule has 1 unspecified atom stereocenters. The lowest BCUT2D eigenvalue weighted by molar-refractivity contribution is 0.396. The number of nitrogens with one attached hydrogen (secondary N) is 1. The first-order valence-corrected chi connectivity index (χ1v) is 6.52. The maximum Gasteiger partial charge on any atom is 0.123 e. The van der Waals surface area contributed by atoms with Crippen molar-refractivity contribution < 1.29 is 4.74 Å². The normalized spacial score (nSPS) is 13.8. The molecule has 1 heterocycles. The molecule has 0 aliphatic heterocycles. The Hall–Kier alpha value is -1.87. The van der Waals surface area contributed by atoms with E-state index in [2.05, 4.69) is 30.2 Å². The first kappa shape index (κ1) is 13.6. The molecular weight excluding hydrogens is 236 g/mol. The van der Waals surface area contributed by atoms with Crippen LogP contribution in [0, 0.1) is 0 Å². The van der Waals surface area contributed by atoms with Crippen LogP contribution in [0.15, 0.2) is 48.7 Å². The molecule has 0 aliphatic carbocycles. The number of hydrogen-bond acceptors (Lipinski definition) is 3. The predicted molar refractivity (Wildman–Crippen MR) is 77.2 cm³/mol. The molecule has 3 nitrogen and oxygen atoms in total. The third-order valence-corrected chi connectivity index (χ3v) is 3.24. The van der Waals surface area contributed by atoms with Gasteiger partial charge in [-0.2, -0.15) is 0 Å². The van der Waals surface area contributed by atoms with E-state index in [4.69, 9.17) is 4.74 Å². The summed E-state index contributed by atoms with van der Waals surface area (Å²) in [6.07, 6.45) is 1.82. The first-order chi connectivity index (χ1) is 9.22. The molecule has 1 aromatic carbocycles. The van der Waals surface area contributed by atoms with Crippen LogP contribution in [-0.4, -0.2) is 12.1 Å². The fourth-order valence-electron chi connectivity index (χ4n) is 2.21. The maximum atomic E-state index is 5.40. The van der Waals surface area contributed by atoms with E-state index in [1.54, 1.807) is 7.11 Å². The molecule has 19 heavy (non-hydrogen) atoms. The predicted octanol–water partition coefficient (Wildman–Crippen LogP) is 3.50. The van der Waals surface area contributed by atoms with Gasteiger partial charge in [0.1, 0.15) is 5.75 Å². The van der Waals surface area contributed by atoms with Crippen LogP contribution in [0.5, 0.6) is 5.75 Å². The summed E-state index contributed by atoms with van der Waals surface area (Å²) in [5, 5.41) is 3.54. The molecule has 2 aromatic rings. The Kier molecular flexibility index (Phi) is 4.53. The van der Waals surface area contributed by atoms with E-state index in [1.807, 2.05) is 42.6 Å². The quantitative estimate of drug-likeness (QED) is 0.889. The smallest absolute Gasteiger partial charge is 0.123 e. The average molecular weight is 256 g/mol. The highest BCUT2D eigenvalue weighted by Crippen LogP contribution is 2.26. The molecule has 0 saturated carbocycles. The van der Waals surface area contributed by atoms with E-state index in [0.717, 1.165) is 17.0 Å².